The van der Waals surface area contributed by atoms with Gasteiger partial charge in [0, 0.05) is 24.3 Å². The zero-order chi connectivity index (χ0) is 15.9. The fourth-order valence-electron chi connectivity index (χ4n) is 2.67. The average Bonchev–Trinajstić information content (AvgIpc) is 2.97. The van der Waals surface area contributed by atoms with E-state index in [1.807, 2.05) is 24.3 Å². The zero-order valence-corrected chi connectivity index (χ0v) is 13.3. The van der Waals surface area contributed by atoms with Crippen molar-refractivity contribution in [1.82, 2.24) is 14.2 Å². The standard InChI is InChI=1S/C15H17N3O3S/c1-3-13-16-17(6-4-5-14(19)20)15(21)11-8-12-10(18(11)13)7-9(2)22-12/h7-8H,3-6H2,1-2H3,(H,19,20). The molecule has 7 heteroatoms. The third kappa shape index (κ3) is 2.41. The number of thiophene rings is 1. The monoisotopic (exact) mass is 319 g/mol. The lowest BCUT2D eigenvalue weighted by molar-refractivity contribution is -0.137. The van der Waals surface area contributed by atoms with Gasteiger partial charge >= 0.3 is 5.97 Å². The van der Waals surface area contributed by atoms with Crippen LogP contribution in [0.4, 0.5) is 0 Å². The van der Waals surface area contributed by atoms with E-state index >= 15 is 0 Å². The largest absolute Gasteiger partial charge is 0.481 e. The minimum absolute atomic E-state index is 0.0378. The summed E-state index contributed by atoms with van der Waals surface area (Å²) in [6, 6.07) is 3.98. The summed E-state index contributed by atoms with van der Waals surface area (Å²) in [7, 11) is 0. The van der Waals surface area contributed by atoms with E-state index in [2.05, 4.69) is 11.2 Å². The van der Waals surface area contributed by atoms with E-state index in [-0.39, 0.29) is 12.0 Å². The molecule has 0 saturated carbocycles. The molecule has 0 fully saturated rings. The Hall–Kier alpha value is -2.15. The predicted octanol–water partition coefficient (Wildman–Crippen LogP) is 2.45. The third-order valence-corrected chi connectivity index (χ3v) is 4.62. The Kier molecular flexibility index (Phi) is 3.74. The molecule has 0 unspecified atom stereocenters. The fourth-order valence-corrected chi connectivity index (χ4v) is 3.62. The van der Waals surface area contributed by atoms with Gasteiger partial charge in [-0.25, -0.2) is 4.68 Å². The topological polar surface area (TPSA) is 76.6 Å². The van der Waals surface area contributed by atoms with Crippen molar-refractivity contribution in [3.8, 4) is 0 Å². The number of hydrogen-bond acceptors (Lipinski definition) is 4. The molecular formula is C15H17N3O3S. The maximum atomic E-state index is 12.6. The SMILES string of the molecule is CCc1nn(CCCC(=O)O)c(=O)c2cc3sc(C)cc3n12. The number of rotatable bonds is 5. The average molecular weight is 319 g/mol. The van der Waals surface area contributed by atoms with Crippen molar-refractivity contribution in [2.24, 2.45) is 0 Å². The summed E-state index contributed by atoms with van der Waals surface area (Å²) < 4.78 is 4.40. The van der Waals surface area contributed by atoms with Crippen LogP contribution in [-0.2, 0) is 17.8 Å². The van der Waals surface area contributed by atoms with Crippen molar-refractivity contribution in [3.63, 3.8) is 0 Å². The van der Waals surface area contributed by atoms with E-state index in [9.17, 15) is 9.59 Å². The number of aliphatic carboxylic acids is 1. The molecule has 3 heterocycles. The highest BCUT2D eigenvalue weighted by atomic mass is 32.1. The van der Waals surface area contributed by atoms with Gasteiger partial charge in [-0.3, -0.25) is 14.0 Å². The van der Waals surface area contributed by atoms with Crippen molar-refractivity contribution < 1.29 is 9.90 Å². The first kappa shape index (κ1) is 14.8. The molecular weight excluding hydrogens is 302 g/mol. The molecule has 0 saturated heterocycles. The van der Waals surface area contributed by atoms with E-state index in [0.717, 1.165) is 16.0 Å². The van der Waals surface area contributed by atoms with Crippen LogP contribution < -0.4 is 5.56 Å². The Bertz CT molecular complexity index is 920. The van der Waals surface area contributed by atoms with E-state index in [1.54, 1.807) is 11.3 Å². The predicted molar refractivity (Wildman–Crippen MR) is 85.8 cm³/mol. The van der Waals surface area contributed by atoms with Gasteiger partial charge in [0.25, 0.3) is 5.56 Å². The lowest BCUT2D eigenvalue weighted by Gasteiger charge is -2.09. The number of carboxylic acids is 1. The molecule has 0 aliphatic carbocycles. The maximum Gasteiger partial charge on any atom is 0.303 e. The van der Waals surface area contributed by atoms with E-state index in [0.29, 0.717) is 24.9 Å². The van der Waals surface area contributed by atoms with Crippen LogP contribution in [0.25, 0.3) is 15.7 Å². The first-order valence-electron chi connectivity index (χ1n) is 7.24. The molecule has 6 nitrogen and oxygen atoms in total. The molecule has 0 spiro atoms. The number of carboxylic acid groups (broad SMARTS) is 1. The molecule has 3 rings (SSSR count). The molecule has 22 heavy (non-hydrogen) atoms. The van der Waals surface area contributed by atoms with Gasteiger partial charge in [-0.15, -0.1) is 11.3 Å². The number of aromatic nitrogens is 3. The van der Waals surface area contributed by atoms with Gasteiger partial charge in [0.2, 0.25) is 0 Å². The fraction of sp³-hybridized carbons (Fsp3) is 0.400. The molecule has 0 aliphatic rings. The van der Waals surface area contributed by atoms with Gasteiger partial charge in [-0.05, 0) is 25.5 Å². The summed E-state index contributed by atoms with van der Waals surface area (Å²) in [5.41, 5.74) is 1.48. The smallest absolute Gasteiger partial charge is 0.303 e. The highest BCUT2D eigenvalue weighted by Gasteiger charge is 2.15. The quantitative estimate of drug-likeness (QED) is 0.783. The highest BCUT2D eigenvalue weighted by molar-refractivity contribution is 7.19. The third-order valence-electron chi connectivity index (χ3n) is 3.64. The molecule has 0 bridgehead atoms. The number of aryl methyl sites for hydroxylation is 3. The summed E-state index contributed by atoms with van der Waals surface area (Å²) in [6.07, 6.45) is 1.14. The van der Waals surface area contributed by atoms with Crippen LogP contribution in [0.15, 0.2) is 16.9 Å². The van der Waals surface area contributed by atoms with E-state index < -0.39 is 5.97 Å². The van der Waals surface area contributed by atoms with Gasteiger partial charge in [0.15, 0.2) is 0 Å². The first-order chi connectivity index (χ1) is 10.5. The zero-order valence-electron chi connectivity index (χ0n) is 12.5. The number of fused-ring (bicyclic) bond motifs is 3. The van der Waals surface area contributed by atoms with E-state index in [1.165, 1.54) is 9.56 Å². The minimum atomic E-state index is -0.858. The lowest BCUT2D eigenvalue weighted by Crippen LogP contribution is -2.27. The van der Waals surface area contributed by atoms with Crippen LogP contribution in [0, 0.1) is 6.92 Å². The van der Waals surface area contributed by atoms with Crippen LogP contribution in [0.1, 0.15) is 30.5 Å². The van der Waals surface area contributed by atoms with Gasteiger partial charge in [0.1, 0.15) is 11.3 Å². The van der Waals surface area contributed by atoms with Crippen LogP contribution in [0.2, 0.25) is 0 Å². The molecule has 116 valence electrons. The minimum Gasteiger partial charge on any atom is -0.481 e. The second-order valence-corrected chi connectivity index (χ2v) is 6.55. The molecule has 1 N–H and O–H groups in total. The molecule has 0 amide bonds. The Morgan fingerprint density at radius 3 is 2.82 bits per heavy atom. The van der Waals surface area contributed by atoms with Gasteiger partial charge < -0.3 is 5.11 Å². The normalized spacial score (nSPS) is 11.5. The first-order valence-corrected chi connectivity index (χ1v) is 8.06. The summed E-state index contributed by atoms with van der Waals surface area (Å²) in [5.74, 6) is -0.0405. The molecule has 3 aromatic rings. The van der Waals surface area contributed by atoms with Crippen molar-refractivity contribution in [2.75, 3.05) is 0 Å². The van der Waals surface area contributed by atoms with Crippen LogP contribution >= 0.6 is 11.3 Å². The summed E-state index contributed by atoms with van der Waals surface area (Å²) in [5, 5.41) is 13.1. The van der Waals surface area contributed by atoms with Crippen LogP contribution in [0.5, 0.6) is 0 Å². The van der Waals surface area contributed by atoms with Gasteiger partial charge in [-0.1, -0.05) is 6.92 Å². The number of nitrogens with zero attached hydrogens (tertiary/aromatic N) is 3. The van der Waals surface area contributed by atoms with Crippen molar-refractivity contribution >= 4 is 33.0 Å². The van der Waals surface area contributed by atoms with Crippen LogP contribution in [-0.4, -0.2) is 25.3 Å². The van der Waals surface area contributed by atoms with Crippen molar-refractivity contribution in [1.29, 1.82) is 0 Å². The van der Waals surface area contributed by atoms with Gasteiger partial charge in [-0.2, -0.15) is 5.10 Å². The Balaban J connectivity index is 2.14. The number of hydrogen-bond donors (Lipinski definition) is 1. The molecule has 0 aromatic carbocycles. The molecule has 0 aliphatic heterocycles. The van der Waals surface area contributed by atoms with Crippen molar-refractivity contribution in [2.45, 2.75) is 39.7 Å². The molecule has 0 radical (unpaired) electrons. The number of carbonyl (C=O) groups is 1. The Morgan fingerprint density at radius 2 is 2.14 bits per heavy atom. The second kappa shape index (κ2) is 5.57. The highest BCUT2D eigenvalue weighted by Crippen LogP contribution is 2.28. The van der Waals surface area contributed by atoms with Gasteiger partial charge in [0.05, 0.1) is 10.2 Å². The lowest BCUT2D eigenvalue weighted by atomic mass is 10.3. The Morgan fingerprint density at radius 1 is 1.36 bits per heavy atom. The molecule has 3 aromatic heterocycles. The summed E-state index contributed by atoms with van der Waals surface area (Å²) in [4.78, 5) is 24.4. The summed E-state index contributed by atoms with van der Waals surface area (Å²) >= 11 is 1.66. The van der Waals surface area contributed by atoms with E-state index in [4.69, 9.17) is 5.11 Å². The van der Waals surface area contributed by atoms with Crippen LogP contribution in [0.3, 0.4) is 0 Å². The summed E-state index contributed by atoms with van der Waals surface area (Å²) in [6.45, 7) is 4.37. The Labute approximate surface area is 130 Å². The van der Waals surface area contributed by atoms with Crippen molar-refractivity contribution in [3.05, 3.63) is 33.2 Å². The maximum absolute atomic E-state index is 12.6. The molecule has 0 atom stereocenters. The second-order valence-electron chi connectivity index (χ2n) is 5.27.